The molecule has 0 amide bonds. The number of nitrogens with two attached hydrogens (primary N) is 1. The first-order valence-electron chi connectivity index (χ1n) is 4.08. The Morgan fingerprint density at radius 2 is 2.15 bits per heavy atom. The molecule has 0 aliphatic carbocycles. The first-order chi connectivity index (χ1) is 6.10. The molecular weight excluding hydrogens is 162 g/mol. The lowest BCUT2D eigenvalue weighted by Gasteiger charge is -2.16. The summed E-state index contributed by atoms with van der Waals surface area (Å²) in [5.41, 5.74) is 3.87. The predicted molar refractivity (Wildman–Crippen MR) is 52.9 cm³/mol. The molecule has 0 fully saturated rings. The molecule has 1 aromatic carbocycles. The maximum Gasteiger partial charge on any atom is 0.0767 e. The average molecular weight is 175 g/mol. The van der Waals surface area contributed by atoms with E-state index in [-0.39, 0.29) is 0 Å². The summed E-state index contributed by atoms with van der Waals surface area (Å²) in [5.74, 6) is 5.27. The quantitative estimate of drug-likeness (QED) is 0.532. The summed E-state index contributed by atoms with van der Waals surface area (Å²) in [6, 6.07) is 9.78. The molecule has 13 heavy (non-hydrogen) atoms. The number of anilines is 1. The van der Waals surface area contributed by atoms with Crippen LogP contribution in [0, 0.1) is 11.3 Å². The Balaban J connectivity index is 3.10. The monoisotopic (exact) mass is 175 g/mol. The van der Waals surface area contributed by atoms with Crippen molar-refractivity contribution in [3.63, 3.8) is 0 Å². The van der Waals surface area contributed by atoms with Crippen LogP contribution < -0.4 is 11.3 Å². The Morgan fingerprint density at radius 3 is 2.69 bits per heavy atom. The minimum atomic E-state index is -0.465. The molecule has 3 nitrogen and oxygen atoms in total. The van der Waals surface area contributed by atoms with Gasteiger partial charge in [0, 0.05) is 5.69 Å². The van der Waals surface area contributed by atoms with Gasteiger partial charge in [0.1, 0.15) is 0 Å². The van der Waals surface area contributed by atoms with Gasteiger partial charge < -0.3 is 5.43 Å². The van der Waals surface area contributed by atoms with Gasteiger partial charge in [-0.25, -0.2) is 0 Å². The summed E-state index contributed by atoms with van der Waals surface area (Å²) >= 11 is 0. The van der Waals surface area contributed by atoms with Crippen LogP contribution in [0.4, 0.5) is 5.69 Å². The van der Waals surface area contributed by atoms with E-state index < -0.39 is 5.41 Å². The lowest BCUT2D eigenvalue weighted by Crippen LogP contribution is -2.15. The molecule has 0 aromatic heterocycles. The number of nitrogens with one attached hydrogen (secondary N) is 1. The molecular formula is C10H13N3. The molecule has 1 aromatic rings. The molecule has 0 spiro atoms. The van der Waals surface area contributed by atoms with E-state index in [1.165, 1.54) is 0 Å². The van der Waals surface area contributed by atoms with Gasteiger partial charge in [0.05, 0.1) is 11.5 Å². The molecule has 0 saturated heterocycles. The molecule has 3 N–H and O–H groups in total. The number of nitrogens with zero attached hydrogens (tertiary/aromatic N) is 1. The highest BCUT2D eigenvalue weighted by Gasteiger charge is 2.19. The first kappa shape index (κ1) is 9.56. The smallest absolute Gasteiger partial charge is 0.0767 e. The van der Waals surface area contributed by atoms with Crippen LogP contribution in [0.25, 0.3) is 0 Å². The molecule has 68 valence electrons. The molecule has 3 heteroatoms. The van der Waals surface area contributed by atoms with E-state index in [9.17, 15) is 0 Å². The predicted octanol–water partition coefficient (Wildman–Crippen LogP) is 1.77. The van der Waals surface area contributed by atoms with E-state index in [1.54, 1.807) is 0 Å². The maximum absolute atomic E-state index is 8.91. The topological polar surface area (TPSA) is 61.8 Å². The number of hydrazine groups is 1. The Kier molecular flexibility index (Phi) is 2.54. The van der Waals surface area contributed by atoms with Gasteiger partial charge >= 0.3 is 0 Å². The number of hydrogen-bond acceptors (Lipinski definition) is 3. The fourth-order valence-electron chi connectivity index (χ4n) is 1.06. The Bertz CT molecular complexity index is 336. The van der Waals surface area contributed by atoms with Crippen molar-refractivity contribution < 1.29 is 0 Å². The fraction of sp³-hybridized carbons (Fsp3) is 0.300. The van der Waals surface area contributed by atoms with Gasteiger partial charge in [-0.1, -0.05) is 12.1 Å². The zero-order chi connectivity index (χ0) is 9.90. The van der Waals surface area contributed by atoms with Crippen molar-refractivity contribution in [2.75, 3.05) is 5.43 Å². The van der Waals surface area contributed by atoms with Gasteiger partial charge in [0.15, 0.2) is 0 Å². The molecule has 0 aliphatic heterocycles. The van der Waals surface area contributed by atoms with Crippen molar-refractivity contribution in [2.24, 2.45) is 5.84 Å². The van der Waals surface area contributed by atoms with E-state index in [4.69, 9.17) is 11.1 Å². The van der Waals surface area contributed by atoms with Crippen LogP contribution in [-0.2, 0) is 5.41 Å². The largest absolute Gasteiger partial charge is 0.324 e. The zero-order valence-electron chi connectivity index (χ0n) is 7.83. The van der Waals surface area contributed by atoms with Crippen molar-refractivity contribution in [3.05, 3.63) is 29.8 Å². The first-order valence-corrected chi connectivity index (χ1v) is 4.08. The van der Waals surface area contributed by atoms with E-state index in [0.29, 0.717) is 0 Å². The van der Waals surface area contributed by atoms with E-state index in [0.717, 1.165) is 11.3 Å². The second kappa shape index (κ2) is 3.46. The second-order valence-corrected chi connectivity index (χ2v) is 3.46. The number of rotatable bonds is 2. The van der Waals surface area contributed by atoms with E-state index in [2.05, 4.69) is 11.5 Å². The van der Waals surface area contributed by atoms with Gasteiger partial charge in [0.25, 0.3) is 0 Å². The third kappa shape index (κ3) is 1.98. The summed E-state index contributed by atoms with van der Waals surface area (Å²) in [6.07, 6.45) is 0. The number of nitriles is 1. The lowest BCUT2D eigenvalue weighted by atomic mass is 9.86. The van der Waals surface area contributed by atoms with Crippen molar-refractivity contribution in [1.29, 1.82) is 5.26 Å². The summed E-state index contributed by atoms with van der Waals surface area (Å²) < 4.78 is 0. The van der Waals surface area contributed by atoms with Gasteiger partial charge in [-0.05, 0) is 31.5 Å². The summed E-state index contributed by atoms with van der Waals surface area (Å²) in [6.45, 7) is 3.76. The second-order valence-electron chi connectivity index (χ2n) is 3.46. The van der Waals surface area contributed by atoms with E-state index in [1.807, 2.05) is 38.1 Å². The van der Waals surface area contributed by atoms with Crippen LogP contribution in [-0.4, -0.2) is 0 Å². The molecule has 1 rings (SSSR count). The normalized spacial score (nSPS) is 10.6. The van der Waals surface area contributed by atoms with E-state index >= 15 is 0 Å². The SMILES string of the molecule is CC(C)(C#N)c1cccc(NN)c1. The lowest BCUT2D eigenvalue weighted by molar-refractivity contribution is 0.687. The number of nitrogen functional groups attached to an aromatic ring is 1. The van der Waals surface area contributed by atoms with Crippen molar-refractivity contribution >= 4 is 5.69 Å². The standard InChI is InChI=1S/C10H13N3/c1-10(2,7-11)8-4-3-5-9(6-8)13-12/h3-6,13H,12H2,1-2H3. The van der Waals surface area contributed by atoms with Crippen molar-refractivity contribution in [1.82, 2.24) is 0 Å². The van der Waals surface area contributed by atoms with Crippen LogP contribution in [0.2, 0.25) is 0 Å². The third-order valence-corrected chi connectivity index (χ3v) is 2.03. The van der Waals surface area contributed by atoms with Gasteiger partial charge in [-0.3, -0.25) is 5.84 Å². The van der Waals surface area contributed by atoms with Crippen LogP contribution in [0.1, 0.15) is 19.4 Å². The molecule has 0 bridgehead atoms. The van der Waals surface area contributed by atoms with Gasteiger partial charge in [-0.15, -0.1) is 0 Å². The van der Waals surface area contributed by atoms with Crippen LogP contribution >= 0.6 is 0 Å². The highest BCUT2D eigenvalue weighted by atomic mass is 15.2. The minimum Gasteiger partial charge on any atom is -0.324 e. The van der Waals surface area contributed by atoms with Crippen LogP contribution in [0.5, 0.6) is 0 Å². The summed E-state index contributed by atoms with van der Waals surface area (Å²) in [4.78, 5) is 0. The van der Waals surface area contributed by atoms with Crippen LogP contribution in [0.3, 0.4) is 0 Å². The maximum atomic E-state index is 8.91. The highest BCUT2D eigenvalue weighted by Crippen LogP contribution is 2.23. The van der Waals surface area contributed by atoms with Crippen molar-refractivity contribution in [2.45, 2.75) is 19.3 Å². The number of hydrogen-bond donors (Lipinski definition) is 2. The van der Waals surface area contributed by atoms with Crippen molar-refractivity contribution in [3.8, 4) is 6.07 Å². The summed E-state index contributed by atoms with van der Waals surface area (Å²) in [7, 11) is 0. The van der Waals surface area contributed by atoms with Gasteiger partial charge in [0.2, 0.25) is 0 Å². The molecule has 0 radical (unpaired) electrons. The summed E-state index contributed by atoms with van der Waals surface area (Å²) in [5, 5.41) is 8.91. The molecule has 0 unspecified atom stereocenters. The molecule has 0 heterocycles. The molecule has 0 saturated carbocycles. The third-order valence-electron chi connectivity index (χ3n) is 2.03. The fourth-order valence-corrected chi connectivity index (χ4v) is 1.06. The Hall–Kier alpha value is -1.53. The van der Waals surface area contributed by atoms with Crippen LogP contribution in [0.15, 0.2) is 24.3 Å². The molecule has 0 atom stereocenters. The Morgan fingerprint density at radius 1 is 1.46 bits per heavy atom. The highest BCUT2D eigenvalue weighted by molar-refractivity contribution is 5.47. The molecule has 0 aliphatic rings. The zero-order valence-corrected chi connectivity index (χ0v) is 7.83. The minimum absolute atomic E-state index is 0.465. The van der Waals surface area contributed by atoms with Gasteiger partial charge in [-0.2, -0.15) is 5.26 Å². The average Bonchev–Trinajstić information content (AvgIpc) is 2.18. The number of benzene rings is 1. The Labute approximate surface area is 78.1 Å².